The molecule has 17 heavy (non-hydrogen) atoms. The molecule has 0 aromatic heterocycles. The maximum Gasteiger partial charge on any atom is 0.254 e. The SMILES string of the molecule is Nc1ccc(C(=O)N2CCNC(=O)C2)cc1F. The van der Waals surface area contributed by atoms with Crippen LogP contribution in [0.5, 0.6) is 0 Å². The van der Waals surface area contributed by atoms with E-state index in [-0.39, 0.29) is 29.6 Å². The highest BCUT2D eigenvalue weighted by Crippen LogP contribution is 2.14. The van der Waals surface area contributed by atoms with Gasteiger partial charge in [0.25, 0.3) is 5.91 Å². The predicted molar refractivity (Wildman–Crippen MR) is 59.7 cm³/mol. The van der Waals surface area contributed by atoms with Crippen molar-refractivity contribution < 1.29 is 14.0 Å². The third kappa shape index (κ3) is 2.35. The lowest BCUT2D eigenvalue weighted by Crippen LogP contribution is -2.49. The van der Waals surface area contributed by atoms with Crippen molar-refractivity contribution in [2.75, 3.05) is 25.4 Å². The van der Waals surface area contributed by atoms with Crippen LogP contribution in [0.4, 0.5) is 10.1 Å². The molecule has 90 valence electrons. The van der Waals surface area contributed by atoms with Crippen LogP contribution < -0.4 is 11.1 Å². The van der Waals surface area contributed by atoms with Crippen molar-refractivity contribution in [3.63, 3.8) is 0 Å². The second kappa shape index (κ2) is 4.40. The summed E-state index contributed by atoms with van der Waals surface area (Å²) in [5.41, 5.74) is 5.52. The van der Waals surface area contributed by atoms with Gasteiger partial charge in [-0.25, -0.2) is 4.39 Å². The largest absolute Gasteiger partial charge is 0.396 e. The second-order valence-corrected chi connectivity index (χ2v) is 3.81. The summed E-state index contributed by atoms with van der Waals surface area (Å²) in [7, 11) is 0. The number of hydrogen-bond donors (Lipinski definition) is 2. The van der Waals surface area contributed by atoms with Crippen LogP contribution in [0.1, 0.15) is 10.4 Å². The molecule has 0 saturated carbocycles. The first-order chi connectivity index (χ1) is 8.08. The average Bonchev–Trinajstić information content (AvgIpc) is 2.32. The minimum atomic E-state index is -0.627. The zero-order valence-corrected chi connectivity index (χ0v) is 9.07. The zero-order chi connectivity index (χ0) is 12.4. The standard InChI is InChI=1S/C11H12FN3O2/c12-8-5-7(1-2-9(8)13)11(17)15-4-3-14-10(16)6-15/h1-2,5H,3-4,6,13H2,(H,14,16). The van der Waals surface area contributed by atoms with Gasteiger partial charge in [-0.2, -0.15) is 0 Å². The smallest absolute Gasteiger partial charge is 0.254 e. The van der Waals surface area contributed by atoms with Crippen molar-refractivity contribution in [2.45, 2.75) is 0 Å². The fraction of sp³-hybridized carbons (Fsp3) is 0.273. The lowest BCUT2D eigenvalue weighted by molar-refractivity contribution is -0.123. The summed E-state index contributed by atoms with van der Waals surface area (Å²) in [6.45, 7) is 0.851. The van der Waals surface area contributed by atoms with Crippen molar-refractivity contribution >= 4 is 17.5 Å². The molecule has 0 radical (unpaired) electrons. The number of hydrogen-bond acceptors (Lipinski definition) is 3. The van der Waals surface area contributed by atoms with Gasteiger partial charge < -0.3 is 16.0 Å². The number of halogens is 1. The van der Waals surface area contributed by atoms with Gasteiger partial charge in [0.05, 0.1) is 12.2 Å². The van der Waals surface area contributed by atoms with Crippen LogP contribution in [0, 0.1) is 5.82 Å². The minimum Gasteiger partial charge on any atom is -0.396 e. The Morgan fingerprint density at radius 3 is 2.88 bits per heavy atom. The molecule has 0 aliphatic carbocycles. The Morgan fingerprint density at radius 2 is 2.24 bits per heavy atom. The van der Waals surface area contributed by atoms with Gasteiger partial charge in [0.15, 0.2) is 0 Å². The van der Waals surface area contributed by atoms with Crippen LogP contribution in [-0.2, 0) is 4.79 Å². The van der Waals surface area contributed by atoms with Gasteiger partial charge in [0, 0.05) is 18.7 Å². The van der Waals surface area contributed by atoms with Gasteiger partial charge in [-0.3, -0.25) is 9.59 Å². The summed E-state index contributed by atoms with van der Waals surface area (Å²) < 4.78 is 13.2. The monoisotopic (exact) mass is 237 g/mol. The number of carbonyl (C=O) groups excluding carboxylic acids is 2. The molecular weight excluding hydrogens is 225 g/mol. The van der Waals surface area contributed by atoms with E-state index in [4.69, 9.17) is 5.73 Å². The van der Waals surface area contributed by atoms with Crippen molar-refractivity contribution in [1.29, 1.82) is 0 Å². The molecule has 2 amide bonds. The lowest BCUT2D eigenvalue weighted by Gasteiger charge is -2.26. The van der Waals surface area contributed by atoms with Gasteiger partial charge in [0.2, 0.25) is 5.91 Å². The van der Waals surface area contributed by atoms with E-state index in [0.29, 0.717) is 13.1 Å². The maximum atomic E-state index is 13.2. The number of benzene rings is 1. The normalized spacial score (nSPS) is 15.6. The minimum absolute atomic E-state index is 0.00191. The molecule has 6 heteroatoms. The molecule has 5 nitrogen and oxygen atoms in total. The summed E-state index contributed by atoms with van der Waals surface area (Å²) >= 11 is 0. The van der Waals surface area contributed by atoms with Gasteiger partial charge in [0.1, 0.15) is 5.82 Å². The topological polar surface area (TPSA) is 75.4 Å². The average molecular weight is 237 g/mol. The van der Waals surface area contributed by atoms with Crippen LogP contribution in [0.3, 0.4) is 0 Å². The Labute approximate surface area is 97.4 Å². The molecule has 1 aliphatic heterocycles. The quantitative estimate of drug-likeness (QED) is 0.674. The highest BCUT2D eigenvalue weighted by molar-refractivity contribution is 5.97. The third-order valence-electron chi connectivity index (χ3n) is 2.57. The zero-order valence-electron chi connectivity index (χ0n) is 9.07. The number of anilines is 1. The number of carbonyl (C=O) groups is 2. The lowest BCUT2D eigenvalue weighted by atomic mass is 10.1. The van der Waals surface area contributed by atoms with E-state index in [2.05, 4.69) is 5.32 Å². The van der Waals surface area contributed by atoms with E-state index in [1.807, 2.05) is 0 Å². The summed E-state index contributed by atoms with van der Waals surface area (Å²) in [6, 6.07) is 3.88. The molecule has 1 aromatic rings. The first kappa shape index (κ1) is 11.4. The van der Waals surface area contributed by atoms with Crippen LogP contribution in [-0.4, -0.2) is 36.3 Å². The van der Waals surface area contributed by atoms with E-state index in [0.717, 1.165) is 6.07 Å². The number of nitrogen functional groups attached to an aromatic ring is 1. The number of nitrogens with zero attached hydrogens (tertiary/aromatic N) is 1. The van der Waals surface area contributed by atoms with Crippen LogP contribution in [0.2, 0.25) is 0 Å². The van der Waals surface area contributed by atoms with E-state index in [9.17, 15) is 14.0 Å². The highest BCUT2D eigenvalue weighted by Gasteiger charge is 2.22. The Kier molecular flexibility index (Phi) is 2.95. The van der Waals surface area contributed by atoms with Gasteiger partial charge in [-0.05, 0) is 18.2 Å². The first-order valence-corrected chi connectivity index (χ1v) is 5.19. The molecule has 0 spiro atoms. The van der Waals surface area contributed by atoms with E-state index in [1.165, 1.54) is 17.0 Å². The van der Waals surface area contributed by atoms with Gasteiger partial charge in [-0.1, -0.05) is 0 Å². The Morgan fingerprint density at radius 1 is 1.47 bits per heavy atom. The summed E-state index contributed by atoms with van der Waals surface area (Å²) in [4.78, 5) is 24.5. The maximum absolute atomic E-state index is 13.2. The molecule has 0 bridgehead atoms. The number of nitrogens with two attached hydrogens (primary N) is 1. The molecule has 0 unspecified atom stereocenters. The van der Waals surface area contributed by atoms with Crippen molar-refractivity contribution in [2.24, 2.45) is 0 Å². The fourth-order valence-electron chi connectivity index (χ4n) is 1.65. The molecule has 1 saturated heterocycles. The number of nitrogens with one attached hydrogen (secondary N) is 1. The third-order valence-corrected chi connectivity index (χ3v) is 2.57. The molecule has 1 fully saturated rings. The van der Waals surface area contributed by atoms with Crippen LogP contribution in [0.15, 0.2) is 18.2 Å². The Hall–Kier alpha value is -2.11. The fourth-order valence-corrected chi connectivity index (χ4v) is 1.65. The first-order valence-electron chi connectivity index (χ1n) is 5.19. The molecule has 3 N–H and O–H groups in total. The molecule has 2 rings (SSSR count). The summed E-state index contributed by atoms with van der Waals surface area (Å²) in [6.07, 6.45) is 0. The van der Waals surface area contributed by atoms with E-state index < -0.39 is 5.82 Å². The highest BCUT2D eigenvalue weighted by atomic mass is 19.1. The van der Waals surface area contributed by atoms with E-state index in [1.54, 1.807) is 0 Å². The molecular formula is C11H12FN3O2. The molecule has 1 aromatic carbocycles. The predicted octanol–water partition coefficient (Wildman–Crippen LogP) is -0.0201. The van der Waals surface area contributed by atoms with Crippen molar-refractivity contribution in [3.8, 4) is 0 Å². The summed E-state index contributed by atoms with van der Waals surface area (Å²) in [5, 5.41) is 2.61. The molecule has 0 atom stereocenters. The van der Waals surface area contributed by atoms with E-state index >= 15 is 0 Å². The van der Waals surface area contributed by atoms with Gasteiger partial charge in [-0.15, -0.1) is 0 Å². The van der Waals surface area contributed by atoms with Crippen LogP contribution >= 0.6 is 0 Å². The number of amides is 2. The molecule has 1 aliphatic rings. The summed E-state index contributed by atoms with van der Waals surface area (Å²) in [5.74, 6) is -1.20. The van der Waals surface area contributed by atoms with Crippen molar-refractivity contribution in [3.05, 3.63) is 29.6 Å². The van der Waals surface area contributed by atoms with Crippen LogP contribution in [0.25, 0.3) is 0 Å². The van der Waals surface area contributed by atoms with Crippen molar-refractivity contribution in [1.82, 2.24) is 10.2 Å². The van der Waals surface area contributed by atoms with Gasteiger partial charge >= 0.3 is 0 Å². The number of piperazine rings is 1. The molecule has 1 heterocycles. The number of rotatable bonds is 1. The second-order valence-electron chi connectivity index (χ2n) is 3.81. The Balaban J connectivity index is 2.18. The Bertz CT molecular complexity index is 476.